The van der Waals surface area contributed by atoms with E-state index in [1.54, 1.807) is 18.2 Å². The molecule has 0 heterocycles. The van der Waals surface area contributed by atoms with Gasteiger partial charge in [-0.3, -0.25) is 4.79 Å². The summed E-state index contributed by atoms with van der Waals surface area (Å²) < 4.78 is 26.0. The highest BCUT2D eigenvalue weighted by atomic mass is 79.9. The molecule has 0 aliphatic carbocycles. The van der Waals surface area contributed by atoms with Gasteiger partial charge in [-0.25, -0.2) is 8.78 Å². The second kappa shape index (κ2) is 8.63. The van der Waals surface area contributed by atoms with Gasteiger partial charge in [0.1, 0.15) is 17.9 Å². The molecule has 0 bridgehead atoms. The molecule has 1 N–H and O–H groups in total. The number of carbonyl (C=O) groups excluding carboxylic acids is 1. The van der Waals surface area contributed by atoms with Gasteiger partial charge in [-0.2, -0.15) is 0 Å². The van der Waals surface area contributed by atoms with Crippen LogP contribution in [0.2, 0.25) is 0 Å². The highest BCUT2D eigenvalue weighted by Gasteiger charge is 1.98. The zero-order valence-electron chi connectivity index (χ0n) is 10.4. The van der Waals surface area contributed by atoms with E-state index in [0.29, 0.717) is 26.4 Å². The molecule has 0 atom stereocenters. The van der Waals surface area contributed by atoms with E-state index < -0.39 is 5.82 Å². The lowest BCUT2D eigenvalue weighted by molar-refractivity contribution is 0.112. The Morgan fingerprint density at radius 2 is 1.43 bits per heavy atom. The minimum Gasteiger partial charge on any atom is -0.411 e. The van der Waals surface area contributed by atoms with Gasteiger partial charge < -0.3 is 5.21 Å². The van der Waals surface area contributed by atoms with Crippen LogP contribution >= 0.6 is 31.9 Å². The summed E-state index contributed by atoms with van der Waals surface area (Å²) in [7, 11) is 0. The van der Waals surface area contributed by atoms with E-state index in [-0.39, 0.29) is 5.82 Å². The van der Waals surface area contributed by atoms with Gasteiger partial charge in [0.05, 0.1) is 15.2 Å². The van der Waals surface area contributed by atoms with E-state index in [0.717, 1.165) is 6.21 Å². The fourth-order valence-corrected chi connectivity index (χ4v) is 1.74. The molecule has 0 saturated carbocycles. The van der Waals surface area contributed by atoms with Crippen molar-refractivity contribution in [3.8, 4) is 0 Å². The van der Waals surface area contributed by atoms with Crippen LogP contribution < -0.4 is 0 Å². The Kier molecular flexibility index (Phi) is 7.18. The van der Waals surface area contributed by atoms with Crippen LogP contribution in [0, 0.1) is 11.6 Å². The second-order valence-corrected chi connectivity index (χ2v) is 5.42. The number of hydrogen-bond donors (Lipinski definition) is 1. The predicted octanol–water partition coefficient (Wildman–Crippen LogP) is 4.80. The fraction of sp³-hybridized carbons (Fsp3) is 0. The maximum absolute atomic E-state index is 12.7. The van der Waals surface area contributed by atoms with Crippen LogP contribution in [0.5, 0.6) is 0 Å². The van der Waals surface area contributed by atoms with Crippen LogP contribution in [0.4, 0.5) is 8.78 Å². The van der Waals surface area contributed by atoms with Crippen LogP contribution in [-0.2, 0) is 0 Å². The average Bonchev–Trinajstić information content (AvgIpc) is 2.47. The molecule has 0 aliphatic rings. The van der Waals surface area contributed by atoms with E-state index in [4.69, 9.17) is 5.21 Å². The highest BCUT2D eigenvalue weighted by molar-refractivity contribution is 9.10. The lowest BCUT2D eigenvalue weighted by atomic mass is 10.2. The van der Waals surface area contributed by atoms with Crippen LogP contribution in [0.25, 0.3) is 0 Å². The highest BCUT2D eigenvalue weighted by Crippen LogP contribution is 2.15. The molecule has 7 heteroatoms. The molecular weight excluding hydrogens is 412 g/mol. The number of carbonyl (C=O) groups is 1. The van der Waals surface area contributed by atoms with Crippen LogP contribution in [-0.4, -0.2) is 17.7 Å². The Bertz CT molecular complexity index is 663. The van der Waals surface area contributed by atoms with Crippen molar-refractivity contribution in [3.63, 3.8) is 0 Å². The molecule has 0 unspecified atom stereocenters. The molecule has 2 rings (SSSR count). The third-order valence-corrected chi connectivity index (χ3v) is 3.52. The zero-order chi connectivity index (χ0) is 15.8. The number of hydrogen-bond acceptors (Lipinski definition) is 3. The molecule has 2 aromatic rings. The Morgan fingerprint density at radius 1 is 0.952 bits per heavy atom. The smallest absolute Gasteiger partial charge is 0.150 e. The minimum atomic E-state index is -0.412. The molecule has 0 aromatic heterocycles. The van der Waals surface area contributed by atoms with Crippen LogP contribution in [0.1, 0.15) is 15.9 Å². The Balaban J connectivity index is 0.000000211. The summed E-state index contributed by atoms with van der Waals surface area (Å²) in [5.74, 6) is -0.785. The van der Waals surface area contributed by atoms with Crippen molar-refractivity contribution in [2.45, 2.75) is 0 Å². The maximum atomic E-state index is 12.7. The number of oxime groups is 1. The normalized spacial score (nSPS) is 10.1. The lowest BCUT2D eigenvalue weighted by Gasteiger charge is -1.94. The first-order valence-corrected chi connectivity index (χ1v) is 7.09. The van der Waals surface area contributed by atoms with E-state index in [2.05, 4.69) is 37.0 Å². The molecule has 3 nitrogen and oxygen atoms in total. The summed E-state index contributed by atoms with van der Waals surface area (Å²) in [6.45, 7) is 0. The molecule has 0 saturated heterocycles. The van der Waals surface area contributed by atoms with Gasteiger partial charge in [0, 0.05) is 5.56 Å². The van der Waals surface area contributed by atoms with Crippen LogP contribution in [0.3, 0.4) is 0 Å². The molecule has 110 valence electrons. The molecule has 0 radical (unpaired) electrons. The van der Waals surface area contributed by atoms with Crippen molar-refractivity contribution in [3.05, 3.63) is 68.1 Å². The van der Waals surface area contributed by atoms with Crippen LogP contribution in [0.15, 0.2) is 50.5 Å². The van der Waals surface area contributed by atoms with Gasteiger partial charge in [0.15, 0.2) is 0 Å². The van der Waals surface area contributed by atoms with E-state index in [1.165, 1.54) is 18.2 Å². The summed E-state index contributed by atoms with van der Waals surface area (Å²) in [6.07, 6.45) is 1.77. The number of halogens is 4. The van der Waals surface area contributed by atoms with Gasteiger partial charge in [-0.15, -0.1) is 0 Å². The summed E-state index contributed by atoms with van der Waals surface area (Å²) in [4.78, 5) is 10.1. The van der Waals surface area contributed by atoms with E-state index >= 15 is 0 Å². The van der Waals surface area contributed by atoms with Crippen molar-refractivity contribution in [1.29, 1.82) is 0 Å². The predicted molar refractivity (Wildman–Crippen MR) is 83.0 cm³/mol. The summed E-state index contributed by atoms with van der Waals surface area (Å²) in [5, 5.41) is 10.9. The maximum Gasteiger partial charge on any atom is 0.150 e. The largest absolute Gasteiger partial charge is 0.411 e. The summed E-state index contributed by atoms with van der Waals surface area (Å²) in [6, 6.07) is 8.67. The van der Waals surface area contributed by atoms with Crippen molar-refractivity contribution < 1.29 is 18.8 Å². The third-order valence-electron chi connectivity index (χ3n) is 2.23. The first kappa shape index (κ1) is 17.5. The molecular formula is C14H9Br2F2NO2. The van der Waals surface area contributed by atoms with Crippen molar-refractivity contribution in [2.75, 3.05) is 0 Å². The Morgan fingerprint density at radius 3 is 1.86 bits per heavy atom. The van der Waals surface area contributed by atoms with Gasteiger partial charge in [0.25, 0.3) is 0 Å². The van der Waals surface area contributed by atoms with Gasteiger partial charge >= 0.3 is 0 Å². The lowest BCUT2D eigenvalue weighted by Crippen LogP contribution is -1.83. The quantitative estimate of drug-likeness (QED) is 0.328. The molecule has 0 aliphatic heterocycles. The zero-order valence-corrected chi connectivity index (χ0v) is 13.6. The molecule has 0 amide bonds. The molecule has 0 spiro atoms. The average molecular weight is 421 g/mol. The standard InChI is InChI=1S/C7H5BrFNO.C7H4BrFO/c8-6-2-1-5(4-10-11)3-7(6)9;8-6-2-1-5(4-10)3-7(6)9/h1-4,11H;1-4H/b10-4+;. The number of nitrogens with zero attached hydrogens (tertiary/aromatic N) is 1. The topological polar surface area (TPSA) is 49.7 Å². The van der Waals surface area contributed by atoms with E-state index in [9.17, 15) is 13.6 Å². The summed E-state index contributed by atoms with van der Waals surface area (Å²) >= 11 is 5.97. The summed E-state index contributed by atoms with van der Waals surface area (Å²) in [5.41, 5.74) is 0.869. The molecule has 2 aromatic carbocycles. The first-order valence-electron chi connectivity index (χ1n) is 5.50. The minimum absolute atomic E-state index is 0.348. The Labute approximate surface area is 136 Å². The van der Waals surface area contributed by atoms with Gasteiger partial charge in [-0.05, 0) is 61.7 Å². The molecule has 21 heavy (non-hydrogen) atoms. The first-order chi connectivity index (χ1) is 9.97. The van der Waals surface area contributed by atoms with Gasteiger partial charge in [0.2, 0.25) is 0 Å². The molecule has 0 fully saturated rings. The van der Waals surface area contributed by atoms with Crippen molar-refractivity contribution >= 4 is 44.4 Å². The number of aldehydes is 1. The van der Waals surface area contributed by atoms with Gasteiger partial charge in [-0.1, -0.05) is 17.3 Å². The number of rotatable bonds is 2. The monoisotopic (exact) mass is 419 g/mol. The number of benzene rings is 2. The van der Waals surface area contributed by atoms with Crippen molar-refractivity contribution in [1.82, 2.24) is 0 Å². The van der Waals surface area contributed by atoms with Crippen molar-refractivity contribution in [2.24, 2.45) is 5.16 Å². The second-order valence-electron chi connectivity index (χ2n) is 3.71. The fourth-order valence-electron chi connectivity index (χ4n) is 1.25. The SMILES string of the molecule is O/N=C/c1ccc(Br)c(F)c1.O=Cc1ccc(Br)c(F)c1. The third kappa shape index (κ3) is 5.73. The Hall–Kier alpha value is -1.60. The van der Waals surface area contributed by atoms with E-state index in [1.807, 2.05) is 0 Å².